The molecule has 1 aliphatic rings. The minimum atomic E-state index is -0.0573. The fraction of sp³-hybridized carbons (Fsp3) is 0.667. The van der Waals surface area contributed by atoms with Crippen LogP contribution in [-0.2, 0) is 11.3 Å². The predicted molar refractivity (Wildman–Crippen MR) is 52.4 cm³/mol. The number of aliphatic hydroxyl groups is 1. The smallest absolute Gasteiger partial charge is 0.133 e. The van der Waals surface area contributed by atoms with Crippen LogP contribution < -0.4 is 0 Å². The number of aromatic nitrogens is 2. The van der Waals surface area contributed by atoms with E-state index in [9.17, 15) is 0 Å². The Morgan fingerprint density at radius 3 is 3.00 bits per heavy atom. The van der Waals surface area contributed by atoms with E-state index >= 15 is 0 Å². The highest BCUT2D eigenvalue weighted by molar-refractivity contribution is 6.30. The lowest BCUT2D eigenvalue weighted by atomic mass is 10.2. The molecular weight excluding hydrogens is 204 g/mol. The largest absolute Gasteiger partial charge is 0.391 e. The molecule has 2 heterocycles. The molecule has 1 aromatic rings. The Balaban J connectivity index is 2.33. The van der Waals surface area contributed by atoms with Crippen molar-refractivity contribution < 1.29 is 9.84 Å². The third-order valence-corrected chi connectivity index (χ3v) is 2.96. The molecule has 1 aromatic heterocycles. The molecule has 0 bridgehead atoms. The molecule has 5 heteroatoms. The number of aryl methyl sites for hydroxylation is 1. The Hall–Kier alpha value is -0.580. The van der Waals surface area contributed by atoms with E-state index in [1.54, 1.807) is 4.68 Å². The van der Waals surface area contributed by atoms with Crippen molar-refractivity contribution in [1.82, 2.24) is 9.78 Å². The average Bonchev–Trinajstić information content (AvgIpc) is 2.74. The molecule has 1 N–H and O–H groups in total. The van der Waals surface area contributed by atoms with E-state index in [4.69, 9.17) is 21.4 Å². The van der Waals surface area contributed by atoms with E-state index in [1.165, 1.54) is 0 Å². The van der Waals surface area contributed by atoms with E-state index in [0.717, 1.165) is 24.3 Å². The number of hydrogen-bond acceptors (Lipinski definition) is 3. The molecule has 0 aliphatic carbocycles. The molecule has 0 saturated carbocycles. The van der Waals surface area contributed by atoms with Crippen LogP contribution >= 0.6 is 11.6 Å². The van der Waals surface area contributed by atoms with Crippen molar-refractivity contribution in [2.75, 3.05) is 13.2 Å². The number of nitrogens with zero attached hydrogens (tertiary/aromatic N) is 2. The molecule has 14 heavy (non-hydrogen) atoms. The van der Waals surface area contributed by atoms with Gasteiger partial charge in [-0.25, -0.2) is 4.68 Å². The van der Waals surface area contributed by atoms with Gasteiger partial charge in [-0.15, -0.1) is 0 Å². The average molecular weight is 217 g/mol. The van der Waals surface area contributed by atoms with Crippen molar-refractivity contribution in [3.05, 3.63) is 16.4 Å². The maximum atomic E-state index is 9.09. The number of hydrogen-bond donors (Lipinski definition) is 1. The van der Waals surface area contributed by atoms with Gasteiger partial charge in [-0.1, -0.05) is 11.6 Å². The standard InChI is InChI=1S/C9H13ClN2O2/c1-6-8(4-13)9(10)12(11-6)7-2-3-14-5-7/h7,13H,2-5H2,1H3. The first-order valence-corrected chi connectivity index (χ1v) is 5.04. The van der Waals surface area contributed by atoms with Crippen molar-refractivity contribution in [3.8, 4) is 0 Å². The lowest BCUT2D eigenvalue weighted by Gasteiger charge is -2.09. The second kappa shape index (κ2) is 3.88. The Morgan fingerprint density at radius 1 is 1.71 bits per heavy atom. The van der Waals surface area contributed by atoms with Gasteiger partial charge in [0.15, 0.2) is 0 Å². The zero-order valence-corrected chi connectivity index (χ0v) is 8.79. The first-order chi connectivity index (χ1) is 6.74. The zero-order chi connectivity index (χ0) is 10.1. The topological polar surface area (TPSA) is 47.3 Å². The molecule has 1 atom stereocenters. The normalized spacial score (nSPS) is 21.8. The highest BCUT2D eigenvalue weighted by Crippen LogP contribution is 2.27. The number of halogens is 1. The minimum Gasteiger partial charge on any atom is -0.391 e. The summed E-state index contributed by atoms with van der Waals surface area (Å²) in [7, 11) is 0. The van der Waals surface area contributed by atoms with Gasteiger partial charge in [0.2, 0.25) is 0 Å². The molecule has 0 amide bonds. The number of ether oxygens (including phenoxy) is 1. The predicted octanol–water partition coefficient (Wildman–Crippen LogP) is 1.30. The van der Waals surface area contributed by atoms with E-state index in [1.807, 2.05) is 6.92 Å². The lowest BCUT2D eigenvalue weighted by Crippen LogP contribution is -2.10. The Labute approximate surface area is 87.4 Å². The van der Waals surface area contributed by atoms with Gasteiger partial charge in [-0.2, -0.15) is 5.10 Å². The third kappa shape index (κ3) is 1.54. The first-order valence-electron chi connectivity index (χ1n) is 4.66. The van der Waals surface area contributed by atoms with Crippen LogP contribution in [-0.4, -0.2) is 28.1 Å². The van der Waals surface area contributed by atoms with Crippen molar-refractivity contribution >= 4 is 11.6 Å². The van der Waals surface area contributed by atoms with Crippen LogP contribution in [0.3, 0.4) is 0 Å². The molecule has 4 nitrogen and oxygen atoms in total. The monoisotopic (exact) mass is 216 g/mol. The highest BCUT2D eigenvalue weighted by Gasteiger charge is 2.23. The summed E-state index contributed by atoms with van der Waals surface area (Å²) in [5.41, 5.74) is 1.52. The van der Waals surface area contributed by atoms with Crippen LogP contribution in [0.2, 0.25) is 5.15 Å². The summed E-state index contributed by atoms with van der Waals surface area (Å²) in [6.07, 6.45) is 0.936. The molecular formula is C9H13ClN2O2. The van der Waals surface area contributed by atoms with E-state index in [0.29, 0.717) is 11.8 Å². The molecule has 0 aromatic carbocycles. The van der Waals surface area contributed by atoms with Crippen molar-refractivity contribution in [1.29, 1.82) is 0 Å². The van der Waals surface area contributed by atoms with Gasteiger partial charge >= 0.3 is 0 Å². The fourth-order valence-electron chi connectivity index (χ4n) is 1.69. The molecule has 2 rings (SSSR count). The summed E-state index contributed by atoms with van der Waals surface area (Å²) >= 11 is 6.09. The van der Waals surface area contributed by atoms with Crippen molar-refractivity contribution in [3.63, 3.8) is 0 Å². The number of aliphatic hydroxyl groups excluding tert-OH is 1. The Kier molecular flexibility index (Phi) is 2.76. The quantitative estimate of drug-likeness (QED) is 0.811. The molecule has 1 fully saturated rings. The molecule has 1 unspecified atom stereocenters. The first kappa shape index (κ1) is 9.96. The lowest BCUT2D eigenvalue weighted by molar-refractivity contribution is 0.184. The maximum Gasteiger partial charge on any atom is 0.133 e. The summed E-state index contributed by atoms with van der Waals surface area (Å²) in [6.45, 7) is 3.21. The van der Waals surface area contributed by atoms with Gasteiger partial charge in [-0.05, 0) is 13.3 Å². The zero-order valence-electron chi connectivity index (χ0n) is 8.03. The summed E-state index contributed by atoms with van der Waals surface area (Å²) < 4.78 is 7.03. The van der Waals surface area contributed by atoms with Crippen LogP contribution in [0.25, 0.3) is 0 Å². The van der Waals surface area contributed by atoms with Gasteiger partial charge in [0.25, 0.3) is 0 Å². The van der Waals surface area contributed by atoms with Gasteiger partial charge in [0, 0.05) is 12.2 Å². The number of rotatable bonds is 2. The Bertz CT molecular complexity index is 332. The SMILES string of the molecule is Cc1nn(C2CCOC2)c(Cl)c1CO. The van der Waals surface area contributed by atoms with Gasteiger partial charge in [-0.3, -0.25) is 0 Å². The third-order valence-electron chi connectivity index (χ3n) is 2.55. The van der Waals surface area contributed by atoms with Crippen molar-refractivity contribution in [2.45, 2.75) is 26.0 Å². The van der Waals surface area contributed by atoms with Gasteiger partial charge in [0.1, 0.15) is 5.15 Å². The molecule has 1 saturated heterocycles. The Morgan fingerprint density at radius 2 is 2.50 bits per heavy atom. The summed E-state index contributed by atoms with van der Waals surface area (Å²) in [5.74, 6) is 0. The maximum absolute atomic E-state index is 9.09. The van der Waals surface area contributed by atoms with Crippen LogP contribution in [0, 0.1) is 6.92 Å². The minimum absolute atomic E-state index is 0.0573. The molecule has 78 valence electrons. The second-order valence-electron chi connectivity index (χ2n) is 3.47. The van der Waals surface area contributed by atoms with Crippen LogP contribution in [0.4, 0.5) is 0 Å². The fourth-order valence-corrected chi connectivity index (χ4v) is 2.06. The summed E-state index contributed by atoms with van der Waals surface area (Å²) in [5, 5.41) is 13.9. The van der Waals surface area contributed by atoms with Crippen molar-refractivity contribution in [2.24, 2.45) is 0 Å². The molecule has 1 aliphatic heterocycles. The second-order valence-corrected chi connectivity index (χ2v) is 3.83. The molecule has 0 radical (unpaired) electrons. The van der Waals surface area contributed by atoms with Crippen LogP contribution in [0.15, 0.2) is 0 Å². The molecule has 0 spiro atoms. The van der Waals surface area contributed by atoms with Crippen LogP contribution in [0.5, 0.6) is 0 Å². The summed E-state index contributed by atoms with van der Waals surface area (Å²) in [4.78, 5) is 0. The van der Waals surface area contributed by atoms with Crippen LogP contribution in [0.1, 0.15) is 23.7 Å². The highest BCUT2D eigenvalue weighted by atomic mass is 35.5. The summed E-state index contributed by atoms with van der Waals surface area (Å²) in [6, 6.07) is 0.224. The van der Waals surface area contributed by atoms with Gasteiger partial charge in [0.05, 0.1) is 24.9 Å². The van der Waals surface area contributed by atoms with E-state index in [2.05, 4.69) is 5.10 Å². The van der Waals surface area contributed by atoms with E-state index in [-0.39, 0.29) is 12.6 Å². The van der Waals surface area contributed by atoms with Gasteiger partial charge < -0.3 is 9.84 Å². The van der Waals surface area contributed by atoms with E-state index < -0.39 is 0 Å².